The highest BCUT2D eigenvalue weighted by Gasteiger charge is 2.35. The summed E-state index contributed by atoms with van der Waals surface area (Å²) in [4.78, 5) is 37.2. The Morgan fingerprint density at radius 2 is 1.63 bits per heavy atom. The average Bonchev–Trinajstić information content (AvgIpc) is 3.15. The lowest BCUT2D eigenvalue weighted by Gasteiger charge is -2.31. The molecule has 1 saturated carbocycles. The standard InChI is InChI=1S/C27H32N2O6/c1-16(34-2)24(25(30)28-14-22(26(31)32)17-8-7-9-17)29-27(33)35-15-23-20-12-5-3-10-18(20)19-11-4-6-13-21(19)23/h3-6,10-13,16-17,22-24H,7-9,14-15H2,1-2H3,(H,28,30)(H,29,33)(H,31,32)/t16-,22?,24+/m1/s1. The minimum Gasteiger partial charge on any atom is -0.481 e. The second-order valence-corrected chi connectivity index (χ2v) is 9.27. The quantitative estimate of drug-likeness (QED) is 0.479. The number of carbonyl (C=O) groups excluding carboxylic acids is 2. The van der Waals surface area contributed by atoms with Crippen molar-refractivity contribution < 1.29 is 29.0 Å². The Labute approximate surface area is 205 Å². The van der Waals surface area contributed by atoms with E-state index in [1.807, 2.05) is 36.4 Å². The lowest BCUT2D eigenvalue weighted by molar-refractivity contribution is -0.145. The molecule has 2 aliphatic carbocycles. The molecule has 2 aromatic carbocycles. The van der Waals surface area contributed by atoms with Gasteiger partial charge in [0.25, 0.3) is 0 Å². The first-order chi connectivity index (χ1) is 16.9. The summed E-state index contributed by atoms with van der Waals surface area (Å²) >= 11 is 0. The first-order valence-electron chi connectivity index (χ1n) is 12.1. The Balaban J connectivity index is 1.37. The molecule has 8 nitrogen and oxygen atoms in total. The van der Waals surface area contributed by atoms with E-state index in [4.69, 9.17) is 9.47 Å². The van der Waals surface area contributed by atoms with Gasteiger partial charge in [0.05, 0.1) is 12.0 Å². The number of rotatable bonds is 10. The molecule has 186 valence electrons. The normalized spacial score (nSPS) is 17.3. The number of carbonyl (C=O) groups is 3. The van der Waals surface area contributed by atoms with E-state index in [0.717, 1.165) is 41.5 Å². The van der Waals surface area contributed by atoms with Gasteiger partial charge in [-0.25, -0.2) is 4.79 Å². The van der Waals surface area contributed by atoms with Crippen LogP contribution < -0.4 is 10.6 Å². The zero-order valence-electron chi connectivity index (χ0n) is 20.0. The number of methoxy groups -OCH3 is 1. The Kier molecular flexibility index (Phi) is 7.70. The summed E-state index contributed by atoms with van der Waals surface area (Å²) in [5.74, 6) is -2.09. The second kappa shape index (κ2) is 10.9. The predicted molar refractivity (Wildman–Crippen MR) is 130 cm³/mol. The van der Waals surface area contributed by atoms with Crippen LogP contribution in [0.1, 0.15) is 43.2 Å². The molecule has 0 spiro atoms. The van der Waals surface area contributed by atoms with Crippen molar-refractivity contribution in [2.45, 2.75) is 44.2 Å². The summed E-state index contributed by atoms with van der Waals surface area (Å²) in [6.45, 7) is 1.80. The third kappa shape index (κ3) is 5.32. The zero-order valence-corrected chi connectivity index (χ0v) is 20.0. The van der Waals surface area contributed by atoms with Gasteiger partial charge in [-0.1, -0.05) is 55.0 Å². The third-order valence-electron chi connectivity index (χ3n) is 7.27. The summed E-state index contributed by atoms with van der Waals surface area (Å²) in [6, 6.07) is 15.1. The number of aliphatic carboxylic acids is 1. The molecular weight excluding hydrogens is 448 g/mol. The van der Waals surface area contributed by atoms with Crippen LogP contribution in [0.2, 0.25) is 0 Å². The molecule has 0 heterocycles. The maximum absolute atomic E-state index is 12.9. The van der Waals surface area contributed by atoms with Crippen LogP contribution in [0, 0.1) is 11.8 Å². The molecular formula is C27H32N2O6. The molecule has 4 rings (SSSR count). The Morgan fingerprint density at radius 1 is 1.03 bits per heavy atom. The van der Waals surface area contributed by atoms with Crippen LogP contribution >= 0.6 is 0 Å². The van der Waals surface area contributed by atoms with Gasteiger partial charge in [-0.2, -0.15) is 0 Å². The van der Waals surface area contributed by atoms with Crippen LogP contribution in [0.15, 0.2) is 48.5 Å². The smallest absolute Gasteiger partial charge is 0.407 e. The highest BCUT2D eigenvalue weighted by molar-refractivity contribution is 5.87. The van der Waals surface area contributed by atoms with Crippen molar-refractivity contribution in [2.75, 3.05) is 20.3 Å². The number of carboxylic acid groups (broad SMARTS) is 1. The third-order valence-corrected chi connectivity index (χ3v) is 7.27. The first kappa shape index (κ1) is 24.7. The Morgan fingerprint density at radius 3 is 2.14 bits per heavy atom. The minimum absolute atomic E-state index is 0.0120. The molecule has 2 amide bonds. The molecule has 3 N–H and O–H groups in total. The van der Waals surface area contributed by atoms with E-state index in [1.54, 1.807) is 6.92 Å². The van der Waals surface area contributed by atoms with E-state index >= 15 is 0 Å². The summed E-state index contributed by atoms with van der Waals surface area (Å²) < 4.78 is 10.9. The van der Waals surface area contributed by atoms with Gasteiger partial charge in [0.2, 0.25) is 5.91 Å². The second-order valence-electron chi connectivity index (χ2n) is 9.27. The number of alkyl carbamates (subject to hydrolysis) is 1. The molecule has 2 aromatic rings. The van der Waals surface area contributed by atoms with Gasteiger partial charge in [-0.15, -0.1) is 0 Å². The van der Waals surface area contributed by atoms with Crippen LogP contribution in [0.25, 0.3) is 11.1 Å². The molecule has 0 bridgehead atoms. The number of fused-ring (bicyclic) bond motifs is 3. The fraction of sp³-hybridized carbons (Fsp3) is 0.444. The molecule has 0 aliphatic heterocycles. The Hall–Kier alpha value is -3.39. The number of amides is 2. The number of hydrogen-bond acceptors (Lipinski definition) is 5. The van der Waals surface area contributed by atoms with Crippen molar-refractivity contribution in [2.24, 2.45) is 11.8 Å². The van der Waals surface area contributed by atoms with Crippen LogP contribution in [0.4, 0.5) is 4.79 Å². The van der Waals surface area contributed by atoms with Gasteiger partial charge in [0.1, 0.15) is 12.6 Å². The SMILES string of the molecule is CO[C@H](C)[C@H](NC(=O)OCC1c2ccccc2-c2ccccc21)C(=O)NCC(C(=O)O)C1CCC1. The van der Waals surface area contributed by atoms with Gasteiger partial charge in [0.15, 0.2) is 0 Å². The number of hydrogen-bond donors (Lipinski definition) is 3. The molecule has 0 radical (unpaired) electrons. The number of ether oxygens (including phenoxy) is 2. The molecule has 1 unspecified atom stereocenters. The minimum atomic E-state index is -1.02. The molecule has 1 fully saturated rings. The fourth-order valence-electron chi connectivity index (χ4n) is 4.92. The first-order valence-corrected chi connectivity index (χ1v) is 12.1. The molecule has 0 aromatic heterocycles. The van der Waals surface area contributed by atoms with Crippen LogP contribution in [0.3, 0.4) is 0 Å². The molecule has 0 saturated heterocycles. The van der Waals surface area contributed by atoms with Gasteiger partial charge in [0, 0.05) is 19.6 Å². The average molecular weight is 481 g/mol. The monoisotopic (exact) mass is 480 g/mol. The van der Waals surface area contributed by atoms with E-state index in [-0.39, 0.29) is 25.0 Å². The van der Waals surface area contributed by atoms with Crippen molar-refractivity contribution in [1.82, 2.24) is 10.6 Å². The van der Waals surface area contributed by atoms with Crippen molar-refractivity contribution in [1.29, 1.82) is 0 Å². The van der Waals surface area contributed by atoms with Gasteiger partial charge in [-0.05, 0) is 47.9 Å². The largest absolute Gasteiger partial charge is 0.481 e. The van der Waals surface area contributed by atoms with Crippen molar-refractivity contribution >= 4 is 18.0 Å². The van der Waals surface area contributed by atoms with Gasteiger partial charge >= 0.3 is 12.1 Å². The van der Waals surface area contributed by atoms with Crippen LogP contribution in [-0.4, -0.2) is 55.5 Å². The maximum atomic E-state index is 12.9. The fourth-order valence-corrected chi connectivity index (χ4v) is 4.92. The van der Waals surface area contributed by atoms with Gasteiger partial charge in [-0.3, -0.25) is 9.59 Å². The summed E-state index contributed by atoms with van der Waals surface area (Å²) in [6.07, 6.45) is 1.34. The van der Waals surface area contributed by atoms with E-state index in [0.29, 0.717) is 0 Å². The summed E-state index contributed by atoms with van der Waals surface area (Å²) in [5.41, 5.74) is 4.44. The molecule has 8 heteroatoms. The highest BCUT2D eigenvalue weighted by Crippen LogP contribution is 2.44. The van der Waals surface area contributed by atoms with Gasteiger partial charge < -0.3 is 25.2 Å². The number of benzene rings is 2. The van der Waals surface area contributed by atoms with E-state index in [9.17, 15) is 19.5 Å². The highest BCUT2D eigenvalue weighted by atomic mass is 16.5. The number of nitrogens with one attached hydrogen (secondary N) is 2. The lowest BCUT2D eigenvalue weighted by atomic mass is 9.76. The summed E-state index contributed by atoms with van der Waals surface area (Å²) in [7, 11) is 1.44. The van der Waals surface area contributed by atoms with E-state index < -0.39 is 36.0 Å². The van der Waals surface area contributed by atoms with E-state index in [2.05, 4.69) is 22.8 Å². The summed E-state index contributed by atoms with van der Waals surface area (Å²) in [5, 5.41) is 14.8. The predicted octanol–water partition coefficient (Wildman–Crippen LogP) is 3.55. The lowest BCUT2D eigenvalue weighted by Crippen LogP contribution is -2.54. The Bertz CT molecular complexity index is 1040. The van der Waals surface area contributed by atoms with Crippen molar-refractivity contribution in [3.05, 3.63) is 59.7 Å². The molecule has 2 aliphatic rings. The van der Waals surface area contributed by atoms with Crippen LogP contribution in [-0.2, 0) is 19.1 Å². The maximum Gasteiger partial charge on any atom is 0.407 e. The van der Waals surface area contributed by atoms with Crippen molar-refractivity contribution in [3.8, 4) is 11.1 Å². The number of carboxylic acids is 1. The van der Waals surface area contributed by atoms with Crippen LogP contribution in [0.5, 0.6) is 0 Å². The zero-order chi connectivity index (χ0) is 24.9. The van der Waals surface area contributed by atoms with E-state index in [1.165, 1.54) is 7.11 Å². The molecule has 3 atom stereocenters. The molecule has 35 heavy (non-hydrogen) atoms. The topological polar surface area (TPSA) is 114 Å². The van der Waals surface area contributed by atoms with Crippen molar-refractivity contribution in [3.63, 3.8) is 0 Å².